The zero-order valence-electron chi connectivity index (χ0n) is 24.7. The molecule has 2 nitrogen and oxygen atoms in total. The summed E-state index contributed by atoms with van der Waals surface area (Å²) in [6.07, 6.45) is 25.1. The smallest absolute Gasteiger partial charge is 0.118 e. The van der Waals surface area contributed by atoms with Crippen LogP contribution >= 0.6 is 11.8 Å². The number of allylic oxidation sites excluding steroid dienone is 14. The molecule has 1 heterocycles. The molecule has 1 aliphatic carbocycles. The van der Waals surface area contributed by atoms with Gasteiger partial charge in [-0.1, -0.05) is 106 Å². The van der Waals surface area contributed by atoms with Crippen LogP contribution in [0.25, 0.3) is 0 Å². The Morgan fingerprint density at radius 3 is 2.59 bits per heavy atom. The van der Waals surface area contributed by atoms with Gasteiger partial charge in [-0.25, -0.2) is 0 Å². The number of ether oxygens (including phenoxy) is 1. The lowest BCUT2D eigenvalue weighted by molar-refractivity contribution is 0.194. The van der Waals surface area contributed by atoms with Gasteiger partial charge in [0.25, 0.3) is 0 Å². The van der Waals surface area contributed by atoms with Crippen LogP contribution in [0.4, 0.5) is 0 Å². The summed E-state index contributed by atoms with van der Waals surface area (Å²) in [5, 5.41) is 0. The van der Waals surface area contributed by atoms with Crippen molar-refractivity contribution in [2.45, 2.75) is 79.5 Å². The number of aliphatic imine (C=N–C) groups is 1. The van der Waals surface area contributed by atoms with Crippen LogP contribution in [0.2, 0.25) is 0 Å². The molecule has 1 aliphatic heterocycles. The topological polar surface area (TPSA) is 21.6 Å². The molecule has 3 heteroatoms. The lowest BCUT2D eigenvalue weighted by Crippen LogP contribution is -2.36. The zero-order chi connectivity index (χ0) is 27.6. The van der Waals surface area contributed by atoms with E-state index >= 15 is 0 Å². The van der Waals surface area contributed by atoms with Gasteiger partial charge in [0.15, 0.2) is 0 Å². The van der Waals surface area contributed by atoms with E-state index in [-0.39, 0.29) is 10.8 Å². The van der Waals surface area contributed by atoms with Gasteiger partial charge in [-0.05, 0) is 82.4 Å². The minimum atomic E-state index is -0.304. The van der Waals surface area contributed by atoms with Crippen molar-refractivity contribution in [2.24, 2.45) is 28.7 Å². The Morgan fingerprint density at radius 2 is 1.97 bits per heavy atom. The first-order chi connectivity index (χ1) is 17.6. The summed E-state index contributed by atoms with van der Waals surface area (Å²) in [5.41, 5.74) is 5.28. The lowest BCUT2D eigenvalue weighted by atomic mass is 9.75. The molecule has 0 saturated heterocycles. The van der Waals surface area contributed by atoms with Crippen LogP contribution in [0.15, 0.2) is 99.7 Å². The third-order valence-corrected chi connectivity index (χ3v) is 8.92. The van der Waals surface area contributed by atoms with E-state index in [1.807, 2.05) is 23.9 Å². The molecule has 4 unspecified atom stereocenters. The Labute approximate surface area is 231 Å². The fourth-order valence-electron chi connectivity index (χ4n) is 5.36. The molecule has 0 saturated carbocycles. The fraction of sp³-hybridized carbons (Fsp3) is 0.500. The average molecular weight is 520 g/mol. The molecule has 0 fully saturated rings. The van der Waals surface area contributed by atoms with Crippen LogP contribution in [0.3, 0.4) is 0 Å². The number of methoxy groups -OCH3 is 1. The predicted octanol–water partition coefficient (Wildman–Crippen LogP) is 10.2. The molecule has 37 heavy (non-hydrogen) atoms. The van der Waals surface area contributed by atoms with E-state index in [0.29, 0.717) is 17.8 Å². The highest BCUT2D eigenvalue weighted by Gasteiger charge is 2.47. The minimum absolute atomic E-state index is 0.168. The molecule has 0 N–H and O–H groups in total. The maximum Gasteiger partial charge on any atom is 0.118 e. The van der Waals surface area contributed by atoms with Crippen LogP contribution in [-0.4, -0.2) is 17.7 Å². The number of thioether (sulfide) groups is 1. The van der Waals surface area contributed by atoms with Gasteiger partial charge in [0.1, 0.15) is 10.6 Å². The van der Waals surface area contributed by atoms with Gasteiger partial charge in [-0.2, -0.15) is 0 Å². The highest BCUT2D eigenvalue weighted by Crippen LogP contribution is 2.53. The Balaban J connectivity index is 2.11. The average Bonchev–Trinajstić information content (AvgIpc) is 3.14. The molecular weight excluding hydrogens is 470 g/mol. The monoisotopic (exact) mass is 519 g/mol. The largest absolute Gasteiger partial charge is 0.501 e. The second-order valence-corrected chi connectivity index (χ2v) is 12.3. The second kappa shape index (κ2) is 14.6. The Morgan fingerprint density at radius 1 is 1.24 bits per heavy atom. The van der Waals surface area contributed by atoms with Gasteiger partial charge < -0.3 is 4.74 Å². The summed E-state index contributed by atoms with van der Waals surface area (Å²) >= 11 is 1.84. The van der Waals surface area contributed by atoms with Crippen molar-refractivity contribution in [2.75, 3.05) is 7.11 Å². The van der Waals surface area contributed by atoms with Crippen LogP contribution < -0.4 is 0 Å². The van der Waals surface area contributed by atoms with Gasteiger partial charge in [-0.3, -0.25) is 4.99 Å². The zero-order valence-corrected chi connectivity index (χ0v) is 25.5. The maximum atomic E-state index is 5.90. The Kier molecular flexibility index (Phi) is 12.2. The molecule has 2 rings (SSSR count). The fourth-order valence-corrected chi connectivity index (χ4v) is 6.78. The van der Waals surface area contributed by atoms with Crippen molar-refractivity contribution in [3.05, 3.63) is 94.7 Å². The molecule has 0 aromatic carbocycles. The van der Waals surface area contributed by atoms with E-state index in [4.69, 9.17) is 9.73 Å². The van der Waals surface area contributed by atoms with Gasteiger partial charge in [0.05, 0.1) is 13.0 Å². The van der Waals surface area contributed by atoms with Crippen molar-refractivity contribution in [1.82, 2.24) is 0 Å². The molecule has 2 aliphatic rings. The molecule has 0 spiro atoms. The van der Waals surface area contributed by atoms with Crippen LogP contribution in [0.5, 0.6) is 0 Å². The molecule has 0 aromatic heterocycles. The molecule has 0 bridgehead atoms. The molecule has 4 atom stereocenters. The van der Waals surface area contributed by atoms with Crippen molar-refractivity contribution in [1.29, 1.82) is 0 Å². The van der Waals surface area contributed by atoms with E-state index in [9.17, 15) is 0 Å². The van der Waals surface area contributed by atoms with E-state index in [1.165, 1.54) is 28.0 Å². The standard InChI is InChI=1S/C34H49NOS/c1-11-13-14-21-32-28(8)35-34(9,37-32)33-27(7)30(22-23-31(33)36-10)26(6)19-15-17-25(5)18-16-20-29(12-2)24(3)4/h11-14,16,19-25,27,33H,1,15,17-18H2,2-10H3/b14-13?,20-16?,26-19?,29-12?,32-21+. The van der Waals surface area contributed by atoms with E-state index in [1.54, 1.807) is 13.2 Å². The number of hydrogen-bond donors (Lipinski definition) is 0. The SMILES string of the molecule is C=CC=C/C=C1/SC(C)(C2C(OC)=CC=C(C(C)=CCCC(C)CC=CC(=CC)C(C)C)C2C)N=C1C. The summed E-state index contributed by atoms with van der Waals surface area (Å²) in [6, 6.07) is 0. The number of rotatable bonds is 12. The maximum absolute atomic E-state index is 5.90. The Hall–Kier alpha value is -2.26. The molecule has 0 amide bonds. The first-order valence-electron chi connectivity index (χ1n) is 13.8. The Bertz CT molecular complexity index is 1050. The quantitative estimate of drug-likeness (QED) is 0.239. The highest BCUT2D eigenvalue weighted by atomic mass is 32.2. The van der Waals surface area contributed by atoms with Gasteiger partial charge in [0, 0.05) is 10.6 Å². The summed E-state index contributed by atoms with van der Waals surface area (Å²) < 4.78 is 5.90. The summed E-state index contributed by atoms with van der Waals surface area (Å²) in [7, 11) is 1.78. The second-order valence-electron chi connectivity index (χ2n) is 10.8. The first-order valence-corrected chi connectivity index (χ1v) is 14.6. The molecule has 0 aromatic rings. The van der Waals surface area contributed by atoms with E-state index in [2.05, 4.69) is 105 Å². The first kappa shape index (κ1) is 31.0. The normalized spacial score (nSPS) is 27.2. The summed E-state index contributed by atoms with van der Waals surface area (Å²) in [6.45, 7) is 21.7. The third-order valence-electron chi connectivity index (χ3n) is 7.51. The van der Waals surface area contributed by atoms with Crippen LogP contribution in [-0.2, 0) is 4.74 Å². The molecular formula is C34H49NOS. The van der Waals surface area contributed by atoms with Crippen LogP contribution in [0.1, 0.15) is 74.7 Å². The van der Waals surface area contributed by atoms with Crippen molar-refractivity contribution < 1.29 is 4.74 Å². The third kappa shape index (κ3) is 8.37. The lowest BCUT2D eigenvalue weighted by Gasteiger charge is -2.39. The number of hydrogen-bond acceptors (Lipinski definition) is 3. The predicted molar refractivity (Wildman–Crippen MR) is 167 cm³/mol. The summed E-state index contributed by atoms with van der Waals surface area (Å²) in [5.74, 6) is 2.74. The minimum Gasteiger partial charge on any atom is -0.501 e. The molecule has 202 valence electrons. The van der Waals surface area contributed by atoms with Gasteiger partial charge in [0.2, 0.25) is 0 Å². The van der Waals surface area contributed by atoms with E-state index in [0.717, 1.165) is 24.3 Å². The number of nitrogens with zero attached hydrogens (tertiary/aromatic N) is 1. The van der Waals surface area contributed by atoms with Crippen molar-refractivity contribution >= 4 is 17.5 Å². The van der Waals surface area contributed by atoms with Crippen LogP contribution in [0, 0.1) is 23.7 Å². The summed E-state index contributed by atoms with van der Waals surface area (Å²) in [4.78, 5) is 6.07. The molecule has 0 radical (unpaired) electrons. The van der Waals surface area contributed by atoms with Gasteiger partial charge in [-0.15, -0.1) is 0 Å². The van der Waals surface area contributed by atoms with Gasteiger partial charge >= 0.3 is 0 Å². The van der Waals surface area contributed by atoms with Crippen molar-refractivity contribution in [3.8, 4) is 0 Å². The highest BCUT2D eigenvalue weighted by molar-refractivity contribution is 8.05. The van der Waals surface area contributed by atoms with Crippen molar-refractivity contribution in [3.63, 3.8) is 0 Å². The van der Waals surface area contributed by atoms with E-state index < -0.39 is 0 Å².